The van der Waals surface area contributed by atoms with Crippen molar-refractivity contribution in [3.05, 3.63) is 0 Å². The number of hydrogen-bond acceptors (Lipinski definition) is 3. The first-order chi connectivity index (χ1) is 5.95. The van der Waals surface area contributed by atoms with Crippen molar-refractivity contribution in [1.82, 2.24) is 10.6 Å². The fraction of sp³-hybridized carbons (Fsp3) is 0.857. The predicted octanol–water partition coefficient (Wildman–Crippen LogP) is -0.0949. The standard InChI is InChI=1S/C7H16N2O2S2/c1-3-8-7(12)9-5-4-6-13(2,10)11/h3-6H2,1-2H3,(H2,8,9,12). The smallest absolute Gasteiger partial charge is 0.166 e. The normalized spacial score (nSPS) is 10.9. The Morgan fingerprint density at radius 1 is 1.38 bits per heavy atom. The van der Waals surface area contributed by atoms with Crippen molar-refractivity contribution in [2.75, 3.05) is 25.1 Å². The van der Waals surface area contributed by atoms with Crippen molar-refractivity contribution in [1.29, 1.82) is 0 Å². The Bertz CT molecular complexity index is 249. The van der Waals surface area contributed by atoms with Crippen LogP contribution in [-0.2, 0) is 9.84 Å². The maximum Gasteiger partial charge on any atom is 0.166 e. The summed E-state index contributed by atoms with van der Waals surface area (Å²) in [4.78, 5) is 0. The third kappa shape index (κ3) is 9.55. The van der Waals surface area contributed by atoms with Gasteiger partial charge in [0.05, 0.1) is 5.75 Å². The SMILES string of the molecule is CCNC(=S)NCCCS(C)(=O)=O. The first-order valence-corrected chi connectivity index (χ1v) is 6.62. The van der Waals surface area contributed by atoms with Gasteiger partial charge in [0.2, 0.25) is 0 Å². The van der Waals surface area contributed by atoms with Crippen LogP contribution in [0.2, 0.25) is 0 Å². The quantitative estimate of drug-likeness (QED) is 0.505. The molecular weight excluding hydrogens is 208 g/mol. The van der Waals surface area contributed by atoms with E-state index in [1.54, 1.807) is 0 Å². The van der Waals surface area contributed by atoms with Gasteiger partial charge in [0, 0.05) is 19.3 Å². The van der Waals surface area contributed by atoms with Gasteiger partial charge in [-0.2, -0.15) is 0 Å². The summed E-state index contributed by atoms with van der Waals surface area (Å²) in [6.45, 7) is 3.32. The monoisotopic (exact) mass is 224 g/mol. The van der Waals surface area contributed by atoms with Gasteiger partial charge in [-0.05, 0) is 25.6 Å². The Morgan fingerprint density at radius 3 is 2.46 bits per heavy atom. The summed E-state index contributed by atoms with van der Waals surface area (Å²) in [7, 11) is -2.84. The van der Waals surface area contributed by atoms with Crippen molar-refractivity contribution in [2.45, 2.75) is 13.3 Å². The molecule has 0 fully saturated rings. The van der Waals surface area contributed by atoms with Crippen LogP contribution in [0.3, 0.4) is 0 Å². The van der Waals surface area contributed by atoms with Gasteiger partial charge in [0.1, 0.15) is 9.84 Å². The lowest BCUT2D eigenvalue weighted by Gasteiger charge is -2.07. The molecule has 0 aromatic rings. The van der Waals surface area contributed by atoms with E-state index in [1.165, 1.54) is 6.26 Å². The van der Waals surface area contributed by atoms with Crippen LogP contribution < -0.4 is 10.6 Å². The van der Waals surface area contributed by atoms with E-state index in [4.69, 9.17) is 12.2 Å². The Balaban J connectivity index is 3.41. The van der Waals surface area contributed by atoms with E-state index in [2.05, 4.69) is 10.6 Å². The van der Waals surface area contributed by atoms with Gasteiger partial charge in [0.15, 0.2) is 5.11 Å². The molecule has 2 N–H and O–H groups in total. The van der Waals surface area contributed by atoms with Crippen LogP contribution in [-0.4, -0.2) is 38.6 Å². The molecule has 0 atom stereocenters. The molecule has 0 aliphatic heterocycles. The average Bonchev–Trinajstić information content (AvgIpc) is 1.97. The highest BCUT2D eigenvalue weighted by atomic mass is 32.2. The van der Waals surface area contributed by atoms with E-state index in [0.717, 1.165) is 6.54 Å². The lowest BCUT2D eigenvalue weighted by molar-refractivity contribution is 0.598. The largest absolute Gasteiger partial charge is 0.363 e. The van der Waals surface area contributed by atoms with Gasteiger partial charge >= 0.3 is 0 Å². The second-order valence-electron chi connectivity index (χ2n) is 2.77. The molecule has 0 saturated heterocycles. The lowest BCUT2D eigenvalue weighted by Crippen LogP contribution is -2.35. The molecule has 78 valence electrons. The fourth-order valence-corrected chi connectivity index (χ4v) is 1.67. The third-order valence-electron chi connectivity index (χ3n) is 1.31. The topological polar surface area (TPSA) is 58.2 Å². The van der Waals surface area contributed by atoms with Gasteiger partial charge in [-0.3, -0.25) is 0 Å². The molecule has 0 saturated carbocycles. The van der Waals surface area contributed by atoms with Crippen LogP contribution in [0.5, 0.6) is 0 Å². The summed E-state index contributed by atoms with van der Waals surface area (Å²) in [5, 5.41) is 6.41. The van der Waals surface area contributed by atoms with E-state index in [0.29, 0.717) is 18.1 Å². The van der Waals surface area contributed by atoms with Gasteiger partial charge in [0.25, 0.3) is 0 Å². The molecule has 0 bridgehead atoms. The van der Waals surface area contributed by atoms with Crippen LogP contribution in [0.25, 0.3) is 0 Å². The van der Waals surface area contributed by atoms with Crippen molar-refractivity contribution >= 4 is 27.2 Å². The van der Waals surface area contributed by atoms with E-state index in [-0.39, 0.29) is 5.75 Å². The molecule has 13 heavy (non-hydrogen) atoms. The molecule has 0 aliphatic carbocycles. The summed E-state index contributed by atoms with van der Waals surface area (Å²) in [6, 6.07) is 0. The fourth-order valence-electron chi connectivity index (χ4n) is 0.759. The van der Waals surface area contributed by atoms with Crippen molar-refractivity contribution in [3.63, 3.8) is 0 Å². The maximum absolute atomic E-state index is 10.7. The molecule has 0 spiro atoms. The van der Waals surface area contributed by atoms with Gasteiger partial charge < -0.3 is 10.6 Å². The maximum atomic E-state index is 10.7. The van der Waals surface area contributed by atoms with Crippen LogP contribution in [0.4, 0.5) is 0 Å². The number of hydrogen-bond donors (Lipinski definition) is 2. The van der Waals surface area contributed by atoms with Crippen LogP contribution in [0.1, 0.15) is 13.3 Å². The average molecular weight is 224 g/mol. The molecular formula is C7H16N2O2S2. The molecule has 0 unspecified atom stereocenters. The zero-order valence-electron chi connectivity index (χ0n) is 7.96. The number of sulfone groups is 1. The highest BCUT2D eigenvalue weighted by molar-refractivity contribution is 7.90. The summed E-state index contributed by atoms with van der Waals surface area (Å²) in [5.74, 6) is 0.203. The lowest BCUT2D eigenvalue weighted by atomic mass is 10.5. The summed E-state index contributed by atoms with van der Waals surface area (Å²) in [6.07, 6.45) is 1.82. The minimum Gasteiger partial charge on any atom is -0.363 e. The molecule has 0 aliphatic rings. The summed E-state index contributed by atoms with van der Waals surface area (Å²) >= 11 is 4.89. The van der Waals surface area contributed by atoms with Crippen molar-refractivity contribution in [2.24, 2.45) is 0 Å². The molecule has 0 aromatic heterocycles. The predicted molar refractivity (Wildman–Crippen MR) is 58.6 cm³/mol. The summed E-state index contributed by atoms with van der Waals surface area (Å²) < 4.78 is 21.5. The molecule has 4 nitrogen and oxygen atoms in total. The molecule has 0 radical (unpaired) electrons. The zero-order valence-corrected chi connectivity index (χ0v) is 9.59. The first kappa shape index (κ1) is 12.6. The van der Waals surface area contributed by atoms with E-state index < -0.39 is 9.84 Å². The molecule has 0 rings (SSSR count). The van der Waals surface area contributed by atoms with E-state index >= 15 is 0 Å². The number of rotatable bonds is 5. The van der Waals surface area contributed by atoms with Crippen LogP contribution in [0, 0.1) is 0 Å². The number of nitrogens with one attached hydrogen (secondary N) is 2. The highest BCUT2D eigenvalue weighted by Gasteiger charge is 2.00. The minimum absolute atomic E-state index is 0.203. The zero-order chi connectivity index (χ0) is 10.3. The molecule has 6 heteroatoms. The Hall–Kier alpha value is -0.360. The highest BCUT2D eigenvalue weighted by Crippen LogP contribution is 1.86. The summed E-state index contributed by atoms with van der Waals surface area (Å²) in [5.41, 5.74) is 0. The Morgan fingerprint density at radius 2 is 2.00 bits per heavy atom. The Kier molecular flexibility index (Phi) is 5.98. The third-order valence-corrected chi connectivity index (χ3v) is 2.63. The minimum atomic E-state index is -2.84. The second-order valence-corrected chi connectivity index (χ2v) is 5.44. The van der Waals surface area contributed by atoms with Gasteiger partial charge in [-0.15, -0.1) is 0 Å². The molecule has 0 amide bonds. The number of thiocarbonyl (C=S) groups is 1. The van der Waals surface area contributed by atoms with Gasteiger partial charge in [-0.1, -0.05) is 0 Å². The van der Waals surface area contributed by atoms with Crippen LogP contribution >= 0.6 is 12.2 Å². The van der Waals surface area contributed by atoms with Crippen LogP contribution in [0.15, 0.2) is 0 Å². The van der Waals surface area contributed by atoms with E-state index in [9.17, 15) is 8.42 Å². The van der Waals surface area contributed by atoms with Crippen molar-refractivity contribution in [3.8, 4) is 0 Å². The molecule has 0 aromatic carbocycles. The first-order valence-electron chi connectivity index (χ1n) is 4.15. The Labute approximate surface area is 85.0 Å². The van der Waals surface area contributed by atoms with E-state index in [1.807, 2.05) is 6.92 Å². The van der Waals surface area contributed by atoms with Gasteiger partial charge in [-0.25, -0.2) is 8.42 Å². The molecule has 0 heterocycles. The second kappa shape index (κ2) is 6.15. The van der Waals surface area contributed by atoms with Crippen molar-refractivity contribution < 1.29 is 8.42 Å².